The Morgan fingerprint density at radius 2 is 2.12 bits per heavy atom. The van der Waals surface area contributed by atoms with Gasteiger partial charge >= 0.3 is 0 Å². The van der Waals surface area contributed by atoms with Crippen molar-refractivity contribution >= 4 is 35.9 Å². The number of nitrogens with two attached hydrogens (primary N) is 1. The van der Waals surface area contributed by atoms with Gasteiger partial charge in [0, 0.05) is 17.0 Å². The second-order valence-corrected chi connectivity index (χ2v) is 3.72. The van der Waals surface area contributed by atoms with Gasteiger partial charge in [-0.2, -0.15) is 0 Å². The van der Waals surface area contributed by atoms with Crippen LogP contribution in [0.15, 0.2) is 27.7 Å². The quantitative estimate of drug-likeness (QED) is 0.635. The van der Waals surface area contributed by atoms with Crippen molar-refractivity contribution in [3.8, 4) is 0 Å². The number of fused-ring (bicyclic) bond motifs is 3. The molecule has 1 aromatic rings. The third-order valence-electron chi connectivity index (χ3n) is 2.69. The zero-order chi connectivity index (χ0) is 12.0. The smallest absolute Gasteiger partial charge is 0.283 e. The summed E-state index contributed by atoms with van der Waals surface area (Å²) in [7, 11) is 0. The van der Waals surface area contributed by atoms with E-state index in [0.717, 1.165) is 10.9 Å². The zero-order valence-corrected chi connectivity index (χ0v) is 8.68. The zero-order valence-electron chi connectivity index (χ0n) is 8.68. The minimum Gasteiger partial charge on any atom is -0.365 e. The molecule has 5 heteroatoms. The highest BCUT2D eigenvalue weighted by Crippen LogP contribution is 2.12. The summed E-state index contributed by atoms with van der Waals surface area (Å²) in [5, 5.41) is 1.35. The Labute approximate surface area is 95.7 Å². The normalized spacial score (nSPS) is 15.5. The number of nitrogens with zero attached hydrogens (tertiary/aromatic N) is 2. The summed E-state index contributed by atoms with van der Waals surface area (Å²) in [6, 6.07) is 3.58. The third kappa shape index (κ3) is 1.32. The van der Waals surface area contributed by atoms with Gasteiger partial charge in [0.2, 0.25) is 0 Å². The molecule has 0 saturated heterocycles. The predicted octanol–water partition coefficient (Wildman–Crippen LogP) is -0.788. The van der Waals surface area contributed by atoms with Crippen LogP contribution < -0.4 is 16.3 Å². The molecule has 2 amide bonds. The molecule has 82 valence electrons. The van der Waals surface area contributed by atoms with E-state index >= 15 is 0 Å². The van der Waals surface area contributed by atoms with Gasteiger partial charge in [-0.25, -0.2) is 4.99 Å². The minimum absolute atomic E-state index is 0.0867. The lowest BCUT2D eigenvalue weighted by Crippen LogP contribution is -2.33. The van der Waals surface area contributed by atoms with Crippen LogP contribution in [0.2, 0.25) is 0 Å². The maximum absolute atomic E-state index is 11.6. The van der Waals surface area contributed by atoms with Crippen molar-refractivity contribution in [2.75, 3.05) is 0 Å². The molecule has 5 nitrogen and oxygen atoms in total. The van der Waals surface area contributed by atoms with Gasteiger partial charge in [0.1, 0.15) is 5.57 Å². The van der Waals surface area contributed by atoms with E-state index in [9.17, 15) is 9.59 Å². The van der Waals surface area contributed by atoms with Crippen molar-refractivity contribution in [3.05, 3.63) is 33.8 Å². The fourth-order valence-corrected chi connectivity index (χ4v) is 1.88. The minimum atomic E-state index is -0.759. The second kappa shape index (κ2) is 3.21. The molecule has 0 atom stereocenters. The van der Waals surface area contributed by atoms with Crippen LogP contribution in [0.1, 0.15) is 5.56 Å². The van der Waals surface area contributed by atoms with Crippen LogP contribution in [-0.4, -0.2) is 18.0 Å². The first-order valence-corrected chi connectivity index (χ1v) is 4.99. The van der Waals surface area contributed by atoms with E-state index in [-0.39, 0.29) is 5.57 Å². The third-order valence-corrected chi connectivity index (χ3v) is 2.69. The molecule has 17 heavy (non-hydrogen) atoms. The molecular formula is C12H7N3O2. The molecule has 2 aliphatic rings. The SMILES string of the molecule is NC(=O)C1=Cc2ccc3c(c2=NC1=O)=CC=N3. The fourth-order valence-electron chi connectivity index (χ4n) is 1.88. The Hall–Kier alpha value is -2.56. The van der Waals surface area contributed by atoms with Gasteiger partial charge in [0.15, 0.2) is 0 Å². The number of hydrogen-bond donors (Lipinski definition) is 1. The number of carbonyl (C=O) groups is 2. The van der Waals surface area contributed by atoms with E-state index in [2.05, 4.69) is 9.98 Å². The average molecular weight is 225 g/mol. The summed E-state index contributed by atoms with van der Waals surface area (Å²) < 4.78 is 0. The molecule has 0 aliphatic carbocycles. The Kier molecular flexibility index (Phi) is 1.82. The lowest BCUT2D eigenvalue weighted by atomic mass is 10.0. The van der Waals surface area contributed by atoms with E-state index in [4.69, 9.17) is 5.73 Å². The van der Waals surface area contributed by atoms with Gasteiger partial charge < -0.3 is 5.73 Å². The number of aliphatic imine (C=N–C) groups is 1. The molecule has 0 aromatic heterocycles. The van der Waals surface area contributed by atoms with Crippen molar-refractivity contribution in [3.63, 3.8) is 0 Å². The molecule has 0 saturated carbocycles. The van der Waals surface area contributed by atoms with E-state index in [1.165, 1.54) is 6.08 Å². The number of hydrogen-bond acceptors (Lipinski definition) is 3. The van der Waals surface area contributed by atoms with Crippen LogP contribution in [0, 0.1) is 0 Å². The number of benzene rings is 1. The second-order valence-electron chi connectivity index (χ2n) is 3.72. The Morgan fingerprint density at radius 3 is 2.88 bits per heavy atom. The number of amides is 2. The van der Waals surface area contributed by atoms with Gasteiger partial charge in [0.25, 0.3) is 11.8 Å². The molecule has 2 aliphatic heterocycles. The summed E-state index contributed by atoms with van der Waals surface area (Å²) in [4.78, 5) is 30.7. The predicted molar refractivity (Wildman–Crippen MR) is 62.0 cm³/mol. The molecule has 0 unspecified atom stereocenters. The first kappa shape index (κ1) is 9.65. The summed E-state index contributed by atoms with van der Waals surface area (Å²) in [6.45, 7) is 0. The highest BCUT2D eigenvalue weighted by atomic mass is 16.2. The van der Waals surface area contributed by atoms with Gasteiger partial charge in [-0.1, -0.05) is 6.07 Å². The summed E-state index contributed by atoms with van der Waals surface area (Å²) in [5.41, 5.74) is 6.50. The molecule has 0 spiro atoms. The van der Waals surface area contributed by atoms with Gasteiger partial charge in [-0.05, 0) is 18.2 Å². The summed E-state index contributed by atoms with van der Waals surface area (Å²) in [5.74, 6) is -1.36. The standard InChI is InChI=1S/C12H7N3O2/c13-11(16)8-5-6-1-2-9-7(3-4-14-9)10(6)15-12(8)17/h1-5H,(H2,13,16). The van der Waals surface area contributed by atoms with Crippen LogP contribution in [0.4, 0.5) is 5.69 Å². The van der Waals surface area contributed by atoms with Crippen molar-refractivity contribution in [1.29, 1.82) is 0 Å². The van der Waals surface area contributed by atoms with Crippen LogP contribution in [0.25, 0.3) is 12.2 Å². The summed E-state index contributed by atoms with van der Waals surface area (Å²) in [6.07, 6.45) is 4.91. The number of rotatable bonds is 1. The monoisotopic (exact) mass is 225 g/mol. The molecule has 0 fully saturated rings. The molecule has 2 N–H and O–H groups in total. The molecule has 0 bridgehead atoms. The van der Waals surface area contributed by atoms with Crippen LogP contribution in [0.3, 0.4) is 0 Å². The largest absolute Gasteiger partial charge is 0.365 e. The first-order valence-electron chi connectivity index (χ1n) is 4.99. The Bertz CT molecular complexity index is 742. The maximum Gasteiger partial charge on any atom is 0.283 e. The molecule has 2 heterocycles. The van der Waals surface area contributed by atoms with Crippen molar-refractivity contribution < 1.29 is 9.59 Å². The van der Waals surface area contributed by atoms with Crippen molar-refractivity contribution in [1.82, 2.24) is 0 Å². The van der Waals surface area contributed by atoms with E-state index in [1.807, 2.05) is 6.07 Å². The van der Waals surface area contributed by atoms with Crippen LogP contribution in [-0.2, 0) is 9.59 Å². The average Bonchev–Trinajstić information content (AvgIpc) is 2.76. The lowest BCUT2D eigenvalue weighted by molar-refractivity contribution is -0.120. The van der Waals surface area contributed by atoms with E-state index in [0.29, 0.717) is 10.9 Å². The molecule has 3 rings (SSSR count). The van der Waals surface area contributed by atoms with Gasteiger partial charge in [-0.15, -0.1) is 0 Å². The van der Waals surface area contributed by atoms with E-state index in [1.54, 1.807) is 18.4 Å². The maximum atomic E-state index is 11.6. The lowest BCUT2D eigenvalue weighted by Gasteiger charge is -2.06. The molecule has 1 aromatic carbocycles. The molecule has 0 radical (unpaired) electrons. The fraction of sp³-hybridized carbons (Fsp3) is 0. The molecular weight excluding hydrogens is 218 g/mol. The van der Waals surface area contributed by atoms with Crippen LogP contribution in [0.5, 0.6) is 0 Å². The highest BCUT2D eigenvalue weighted by molar-refractivity contribution is 6.22. The van der Waals surface area contributed by atoms with Crippen LogP contribution >= 0.6 is 0 Å². The number of carbonyl (C=O) groups excluding carboxylic acids is 2. The first-order chi connectivity index (χ1) is 8.16. The van der Waals surface area contributed by atoms with Crippen molar-refractivity contribution in [2.24, 2.45) is 15.7 Å². The number of primary amides is 1. The Balaban J connectivity index is 2.36. The van der Waals surface area contributed by atoms with Gasteiger partial charge in [0.05, 0.1) is 11.0 Å². The highest BCUT2D eigenvalue weighted by Gasteiger charge is 2.20. The Morgan fingerprint density at radius 1 is 1.29 bits per heavy atom. The summed E-state index contributed by atoms with van der Waals surface area (Å²) >= 11 is 0. The van der Waals surface area contributed by atoms with Crippen molar-refractivity contribution in [2.45, 2.75) is 0 Å². The topological polar surface area (TPSA) is 84.9 Å². The van der Waals surface area contributed by atoms with E-state index < -0.39 is 11.8 Å². The van der Waals surface area contributed by atoms with Gasteiger partial charge in [-0.3, -0.25) is 14.6 Å².